The van der Waals surface area contributed by atoms with Gasteiger partial charge in [0.05, 0.1) is 0 Å². The SMILES string of the molecule is CC(C=CC=C(C)C=C[c-]1cccc1)=CC=O.[Fe+2].c1cc[cH-]c1. The quantitative estimate of drug-likeness (QED) is 0.231. The molecule has 2 aromatic carbocycles. The molecule has 0 spiro atoms. The van der Waals surface area contributed by atoms with Crippen LogP contribution in [0.5, 0.6) is 0 Å². The zero-order chi connectivity index (χ0) is 16.0. The van der Waals surface area contributed by atoms with Crippen LogP contribution >= 0.6 is 0 Å². The van der Waals surface area contributed by atoms with Gasteiger partial charge in [-0.2, -0.15) is 30.3 Å². The molecule has 0 N–H and O–H groups in total. The smallest absolute Gasteiger partial charge is 0.299 e. The van der Waals surface area contributed by atoms with Gasteiger partial charge in [-0.1, -0.05) is 23.8 Å². The topological polar surface area (TPSA) is 17.1 Å². The number of rotatable bonds is 5. The Morgan fingerprint density at radius 2 is 1.52 bits per heavy atom. The molecule has 1 nitrogen and oxygen atoms in total. The third-order valence-electron chi connectivity index (χ3n) is 2.83. The van der Waals surface area contributed by atoms with Gasteiger partial charge in [0.2, 0.25) is 0 Å². The molecule has 2 aromatic rings. The summed E-state index contributed by atoms with van der Waals surface area (Å²) in [5, 5.41) is 0. The summed E-state index contributed by atoms with van der Waals surface area (Å²) in [5.41, 5.74) is 3.32. The predicted octanol–water partition coefficient (Wildman–Crippen LogP) is 5.47. The Morgan fingerprint density at radius 1 is 0.913 bits per heavy atom. The summed E-state index contributed by atoms with van der Waals surface area (Å²) in [5.74, 6) is 0. The van der Waals surface area contributed by atoms with Crippen molar-refractivity contribution in [1.82, 2.24) is 0 Å². The zero-order valence-corrected chi connectivity index (χ0v) is 14.6. The van der Waals surface area contributed by atoms with Gasteiger partial charge in [-0.15, -0.1) is 29.8 Å². The summed E-state index contributed by atoms with van der Waals surface area (Å²) >= 11 is 0. The van der Waals surface area contributed by atoms with E-state index in [1.165, 1.54) is 11.1 Å². The molecule has 0 saturated carbocycles. The second-order valence-corrected chi connectivity index (χ2v) is 4.83. The Hall–Kier alpha value is -2.15. The standard InChI is InChI=1S/C16H17O.C5H5.Fe/c1-14(6-5-7-15(2)12-13-17)10-11-16-8-3-4-9-16;1-2-4-5-3-1;/h3-13H,1-2H3;1-5H;/q2*-1;+2. The number of allylic oxidation sites excluding steroid dienone is 7. The van der Waals surface area contributed by atoms with Crippen LogP contribution in [0.4, 0.5) is 0 Å². The molecule has 0 aliphatic rings. The first-order chi connectivity index (χ1) is 10.7. The number of carbonyl (C=O) groups excluding carboxylic acids is 1. The van der Waals surface area contributed by atoms with Gasteiger partial charge < -0.3 is 0 Å². The number of hydrogen-bond donors (Lipinski definition) is 0. The van der Waals surface area contributed by atoms with E-state index < -0.39 is 0 Å². The molecule has 0 amide bonds. The molecule has 23 heavy (non-hydrogen) atoms. The largest absolute Gasteiger partial charge is 2.00 e. The van der Waals surface area contributed by atoms with E-state index in [2.05, 4.69) is 24.3 Å². The van der Waals surface area contributed by atoms with E-state index in [-0.39, 0.29) is 17.1 Å². The monoisotopic (exact) mass is 346 g/mol. The third-order valence-corrected chi connectivity index (χ3v) is 2.83. The van der Waals surface area contributed by atoms with Crippen LogP contribution < -0.4 is 0 Å². The molecule has 0 aliphatic carbocycles. The van der Waals surface area contributed by atoms with Crippen molar-refractivity contribution >= 4 is 12.4 Å². The van der Waals surface area contributed by atoms with Crippen molar-refractivity contribution in [3.8, 4) is 0 Å². The Labute approximate surface area is 149 Å². The van der Waals surface area contributed by atoms with Crippen molar-refractivity contribution < 1.29 is 21.9 Å². The predicted molar refractivity (Wildman–Crippen MR) is 95.8 cm³/mol. The van der Waals surface area contributed by atoms with Crippen LogP contribution in [0, 0.1) is 0 Å². The molecule has 120 valence electrons. The molecule has 0 fully saturated rings. The minimum Gasteiger partial charge on any atom is -0.299 e. The molecule has 0 radical (unpaired) electrons. The van der Waals surface area contributed by atoms with Crippen LogP contribution in [0.15, 0.2) is 96.1 Å². The maximum Gasteiger partial charge on any atom is 2.00 e. The summed E-state index contributed by atoms with van der Waals surface area (Å²) in [7, 11) is 0. The van der Waals surface area contributed by atoms with Gasteiger partial charge in [-0.25, -0.2) is 12.1 Å². The van der Waals surface area contributed by atoms with E-state index in [9.17, 15) is 4.79 Å². The van der Waals surface area contributed by atoms with Gasteiger partial charge in [0.1, 0.15) is 6.29 Å². The number of aldehydes is 1. The van der Waals surface area contributed by atoms with E-state index >= 15 is 0 Å². The second-order valence-electron chi connectivity index (χ2n) is 4.83. The first kappa shape index (κ1) is 20.8. The van der Waals surface area contributed by atoms with E-state index in [1.54, 1.807) is 6.08 Å². The van der Waals surface area contributed by atoms with E-state index in [0.29, 0.717) is 0 Å². The van der Waals surface area contributed by atoms with Crippen LogP contribution in [-0.4, -0.2) is 6.29 Å². The van der Waals surface area contributed by atoms with Gasteiger partial charge in [0, 0.05) is 0 Å². The maximum atomic E-state index is 10.2. The Balaban J connectivity index is 0.000000684. The van der Waals surface area contributed by atoms with Gasteiger partial charge in [-0.05, 0) is 25.5 Å². The summed E-state index contributed by atoms with van der Waals surface area (Å²) in [6, 6.07) is 18.2. The molecule has 0 aromatic heterocycles. The van der Waals surface area contributed by atoms with Crippen molar-refractivity contribution in [1.29, 1.82) is 0 Å². The maximum absolute atomic E-state index is 10.2. The number of carbonyl (C=O) groups is 1. The molecular formula is C21H22FeO. The molecular weight excluding hydrogens is 324 g/mol. The Bertz CT molecular complexity index is 606. The van der Waals surface area contributed by atoms with Gasteiger partial charge >= 0.3 is 17.1 Å². The Morgan fingerprint density at radius 3 is 2.04 bits per heavy atom. The first-order valence-electron chi connectivity index (χ1n) is 7.26. The molecule has 0 saturated heterocycles. The van der Waals surface area contributed by atoms with Crippen molar-refractivity contribution in [3.05, 3.63) is 102 Å². The molecule has 0 bridgehead atoms. The summed E-state index contributed by atoms with van der Waals surface area (Å²) in [4.78, 5) is 10.2. The van der Waals surface area contributed by atoms with Crippen molar-refractivity contribution in [3.63, 3.8) is 0 Å². The summed E-state index contributed by atoms with van der Waals surface area (Å²) < 4.78 is 0. The minimum absolute atomic E-state index is 0. The van der Waals surface area contributed by atoms with Crippen molar-refractivity contribution in [2.24, 2.45) is 0 Å². The van der Waals surface area contributed by atoms with Gasteiger partial charge in [0.25, 0.3) is 0 Å². The minimum atomic E-state index is 0. The van der Waals surface area contributed by atoms with Crippen molar-refractivity contribution in [2.75, 3.05) is 0 Å². The summed E-state index contributed by atoms with van der Waals surface area (Å²) in [6.45, 7) is 3.94. The zero-order valence-electron chi connectivity index (χ0n) is 13.5. The fourth-order valence-corrected chi connectivity index (χ4v) is 1.62. The van der Waals surface area contributed by atoms with Gasteiger partial charge in [-0.3, -0.25) is 4.79 Å². The van der Waals surface area contributed by atoms with Gasteiger partial charge in [0.15, 0.2) is 0 Å². The average Bonchev–Trinajstić information content (AvgIpc) is 3.21. The fourth-order valence-electron chi connectivity index (χ4n) is 1.62. The van der Waals surface area contributed by atoms with Crippen LogP contribution in [0.3, 0.4) is 0 Å². The van der Waals surface area contributed by atoms with Crippen LogP contribution in [-0.2, 0) is 21.9 Å². The third kappa shape index (κ3) is 11.1. The molecule has 0 aliphatic heterocycles. The summed E-state index contributed by atoms with van der Waals surface area (Å²) in [6.07, 6.45) is 12.4. The second kappa shape index (κ2) is 13.5. The first-order valence-corrected chi connectivity index (χ1v) is 7.26. The molecule has 0 unspecified atom stereocenters. The molecule has 0 heterocycles. The van der Waals surface area contributed by atoms with Crippen molar-refractivity contribution in [2.45, 2.75) is 13.8 Å². The van der Waals surface area contributed by atoms with Crippen LogP contribution in [0.2, 0.25) is 0 Å². The molecule has 0 atom stereocenters. The van der Waals surface area contributed by atoms with Crippen LogP contribution in [0.1, 0.15) is 19.4 Å². The van der Waals surface area contributed by atoms with E-state index in [1.807, 2.05) is 74.5 Å². The normalized spacial score (nSPS) is 11.9. The number of hydrogen-bond acceptors (Lipinski definition) is 1. The molecule has 2 heteroatoms. The average molecular weight is 346 g/mol. The van der Waals surface area contributed by atoms with Crippen LogP contribution in [0.25, 0.3) is 6.08 Å². The van der Waals surface area contributed by atoms with E-state index in [0.717, 1.165) is 11.9 Å². The fraction of sp³-hybridized carbons (Fsp3) is 0.0952. The Kier molecular flexibility index (Phi) is 12.2. The van der Waals surface area contributed by atoms with E-state index in [4.69, 9.17) is 0 Å². The molecule has 2 rings (SSSR count).